The molecule has 6 heteroatoms. The Balaban J connectivity index is 1.68. The van der Waals surface area contributed by atoms with Crippen molar-refractivity contribution in [3.05, 3.63) is 17.5 Å². The van der Waals surface area contributed by atoms with Gasteiger partial charge in [-0.3, -0.25) is 14.3 Å². The number of aryl methyl sites for hydroxylation is 1. The summed E-state index contributed by atoms with van der Waals surface area (Å²) in [6, 6.07) is 0.446. The quantitative estimate of drug-likeness (QED) is 0.874. The van der Waals surface area contributed by atoms with Crippen LogP contribution in [-0.4, -0.2) is 26.8 Å². The molecule has 1 fully saturated rings. The molecule has 1 saturated carbocycles. The highest BCUT2D eigenvalue weighted by molar-refractivity contribution is 5.80. The second kappa shape index (κ2) is 6.50. The van der Waals surface area contributed by atoms with E-state index in [1.165, 1.54) is 31.2 Å². The van der Waals surface area contributed by atoms with Gasteiger partial charge in [0.25, 0.3) is 0 Å². The van der Waals surface area contributed by atoms with E-state index in [9.17, 15) is 9.59 Å². The van der Waals surface area contributed by atoms with E-state index in [0.29, 0.717) is 6.04 Å². The molecule has 22 heavy (non-hydrogen) atoms. The highest BCUT2D eigenvalue weighted by Crippen LogP contribution is 2.33. The van der Waals surface area contributed by atoms with Crippen LogP contribution in [0.25, 0.3) is 0 Å². The lowest BCUT2D eigenvalue weighted by Gasteiger charge is -2.22. The molecule has 2 aliphatic carbocycles. The van der Waals surface area contributed by atoms with E-state index >= 15 is 0 Å². The molecule has 0 spiro atoms. The third kappa shape index (κ3) is 3.31. The number of hydrogen-bond donors (Lipinski definition) is 2. The molecular formula is C16H23N3O3. The Labute approximate surface area is 129 Å². The molecule has 1 amide bonds. The van der Waals surface area contributed by atoms with Crippen LogP contribution in [0.1, 0.15) is 74.7 Å². The average Bonchev–Trinajstić information content (AvgIpc) is 3.14. The van der Waals surface area contributed by atoms with Crippen molar-refractivity contribution < 1.29 is 14.7 Å². The predicted molar refractivity (Wildman–Crippen MR) is 80.4 cm³/mol. The van der Waals surface area contributed by atoms with Crippen LogP contribution in [0.4, 0.5) is 0 Å². The maximum Gasteiger partial charge on any atom is 0.303 e. The summed E-state index contributed by atoms with van der Waals surface area (Å²) in [5.74, 6) is -1.14. The van der Waals surface area contributed by atoms with E-state index in [2.05, 4.69) is 16.2 Å². The fourth-order valence-corrected chi connectivity index (χ4v) is 3.55. The molecule has 6 nitrogen and oxygen atoms in total. The molecule has 1 heterocycles. The zero-order valence-corrected chi connectivity index (χ0v) is 12.8. The predicted octanol–water partition coefficient (Wildman–Crippen LogP) is 2.36. The molecule has 0 aliphatic heterocycles. The number of carbonyl (C=O) groups is 2. The number of carbonyl (C=O) groups excluding carboxylic acids is 1. The van der Waals surface area contributed by atoms with Crippen LogP contribution in [0.15, 0.2) is 6.20 Å². The molecule has 0 aromatic carbocycles. The number of carboxylic acid groups (broad SMARTS) is 1. The van der Waals surface area contributed by atoms with Crippen LogP contribution in [0.5, 0.6) is 0 Å². The largest absolute Gasteiger partial charge is 0.481 e. The number of carboxylic acids is 1. The molecule has 2 N–H and O–H groups in total. The van der Waals surface area contributed by atoms with Gasteiger partial charge < -0.3 is 10.4 Å². The normalized spacial score (nSPS) is 21.5. The van der Waals surface area contributed by atoms with Crippen molar-refractivity contribution in [2.75, 3.05) is 0 Å². The standard InChI is InChI=1S/C16H23N3O3/c20-14(8-9-15(21)22)17-13-7-3-4-11-10-19(18-16(11)13)12-5-1-2-6-12/h10,12-13H,1-9H2,(H,17,20)(H,21,22). The van der Waals surface area contributed by atoms with Gasteiger partial charge in [-0.1, -0.05) is 12.8 Å². The summed E-state index contributed by atoms with van der Waals surface area (Å²) in [5.41, 5.74) is 2.23. The molecule has 1 aromatic rings. The third-order valence-electron chi connectivity index (χ3n) is 4.71. The Morgan fingerprint density at radius 1 is 1.23 bits per heavy atom. The van der Waals surface area contributed by atoms with Gasteiger partial charge in [0, 0.05) is 12.6 Å². The van der Waals surface area contributed by atoms with Crippen LogP contribution in [0.2, 0.25) is 0 Å². The van der Waals surface area contributed by atoms with Gasteiger partial charge in [-0.2, -0.15) is 5.10 Å². The summed E-state index contributed by atoms with van der Waals surface area (Å²) >= 11 is 0. The van der Waals surface area contributed by atoms with Crippen LogP contribution in [0.3, 0.4) is 0 Å². The van der Waals surface area contributed by atoms with Crippen molar-refractivity contribution in [3.8, 4) is 0 Å². The molecule has 3 rings (SSSR count). The maximum atomic E-state index is 11.9. The maximum absolute atomic E-state index is 11.9. The summed E-state index contributed by atoms with van der Waals surface area (Å²) in [6.07, 6.45) is 9.92. The number of nitrogens with zero attached hydrogens (tertiary/aromatic N) is 2. The lowest BCUT2D eigenvalue weighted by Crippen LogP contribution is -2.31. The summed E-state index contributed by atoms with van der Waals surface area (Å²) in [6.45, 7) is 0. The summed E-state index contributed by atoms with van der Waals surface area (Å²) in [5, 5.41) is 16.4. The highest BCUT2D eigenvalue weighted by atomic mass is 16.4. The monoisotopic (exact) mass is 305 g/mol. The Hall–Kier alpha value is -1.85. The first-order valence-electron chi connectivity index (χ1n) is 8.22. The van der Waals surface area contributed by atoms with Gasteiger partial charge in [0.05, 0.1) is 24.2 Å². The molecule has 2 aliphatic rings. The second-order valence-corrected chi connectivity index (χ2v) is 6.36. The number of nitrogens with one attached hydrogen (secondary N) is 1. The molecule has 0 bridgehead atoms. The lowest BCUT2D eigenvalue weighted by atomic mass is 9.93. The Bertz CT molecular complexity index is 561. The minimum absolute atomic E-state index is 0.0322. The van der Waals surface area contributed by atoms with Crippen LogP contribution in [0, 0.1) is 0 Å². The fraction of sp³-hybridized carbons (Fsp3) is 0.688. The van der Waals surface area contributed by atoms with Gasteiger partial charge in [0.15, 0.2) is 0 Å². The average molecular weight is 305 g/mol. The van der Waals surface area contributed by atoms with Crippen molar-refractivity contribution in [3.63, 3.8) is 0 Å². The number of aromatic nitrogens is 2. The molecule has 120 valence electrons. The van der Waals surface area contributed by atoms with E-state index in [1.807, 2.05) is 0 Å². The SMILES string of the molecule is O=C(O)CCC(=O)NC1CCCc2cn(C3CCCC3)nc21. The number of fused-ring (bicyclic) bond motifs is 1. The topological polar surface area (TPSA) is 84.2 Å². The Kier molecular flexibility index (Phi) is 4.45. The third-order valence-corrected chi connectivity index (χ3v) is 4.71. The van der Waals surface area contributed by atoms with Gasteiger partial charge in [0.1, 0.15) is 0 Å². The summed E-state index contributed by atoms with van der Waals surface area (Å²) in [4.78, 5) is 22.4. The van der Waals surface area contributed by atoms with Gasteiger partial charge in [-0.05, 0) is 37.7 Å². The van der Waals surface area contributed by atoms with Gasteiger partial charge in [-0.25, -0.2) is 0 Å². The zero-order valence-electron chi connectivity index (χ0n) is 12.8. The summed E-state index contributed by atoms with van der Waals surface area (Å²) < 4.78 is 2.10. The van der Waals surface area contributed by atoms with E-state index in [-0.39, 0.29) is 24.8 Å². The van der Waals surface area contributed by atoms with Crippen LogP contribution in [-0.2, 0) is 16.0 Å². The minimum atomic E-state index is -0.940. The van der Waals surface area contributed by atoms with Crippen LogP contribution >= 0.6 is 0 Å². The van der Waals surface area contributed by atoms with Crippen molar-refractivity contribution >= 4 is 11.9 Å². The van der Waals surface area contributed by atoms with E-state index in [4.69, 9.17) is 10.2 Å². The lowest BCUT2D eigenvalue weighted by molar-refractivity contribution is -0.139. The highest BCUT2D eigenvalue weighted by Gasteiger charge is 2.27. The van der Waals surface area contributed by atoms with E-state index < -0.39 is 5.97 Å². The van der Waals surface area contributed by atoms with Crippen molar-refractivity contribution in [2.45, 2.75) is 69.9 Å². The smallest absolute Gasteiger partial charge is 0.303 e. The molecule has 1 aromatic heterocycles. The van der Waals surface area contributed by atoms with E-state index in [1.54, 1.807) is 0 Å². The van der Waals surface area contributed by atoms with Crippen molar-refractivity contribution in [2.24, 2.45) is 0 Å². The van der Waals surface area contributed by atoms with E-state index in [0.717, 1.165) is 25.0 Å². The molecule has 0 saturated heterocycles. The first-order chi connectivity index (χ1) is 10.6. The fourth-order valence-electron chi connectivity index (χ4n) is 3.55. The van der Waals surface area contributed by atoms with Crippen LogP contribution < -0.4 is 5.32 Å². The zero-order chi connectivity index (χ0) is 15.5. The minimum Gasteiger partial charge on any atom is -0.481 e. The van der Waals surface area contributed by atoms with Crippen molar-refractivity contribution in [1.82, 2.24) is 15.1 Å². The molecule has 1 atom stereocenters. The number of rotatable bonds is 5. The summed E-state index contributed by atoms with van der Waals surface area (Å²) in [7, 11) is 0. The first-order valence-corrected chi connectivity index (χ1v) is 8.22. The molecular weight excluding hydrogens is 282 g/mol. The molecule has 0 radical (unpaired) electrons. The number of aliphatic carboxylic acids is 1. The van der Waals surface area contributed by atoms with Crippen molar-refractivity contribution in [1.29, 1.82) is 0 Å². The number of hydrogen-bond acceptors (Lipinski definition) is 3. The van der Waals surface area contributed by atoms with Gasteiger partial charge >= 0.3 is 5.97 Å². The number of amides is 1. The first kappa shape index (κ1) is 15.1. The van der Waals surface area contributed by atoms with Gasteiger partial charge in [-0.15, -0.1) is 0 Å². The Morgan fingerprint density at radius 3 is 2.73 bits per heavy atom. The second-order valence-electron chi connectivity index (χ2n) is 6.36. The Morgan fingerprint density at radius 2 is 2.00 bits per heavy atom. The van der Waals surface area contributed by atoms with Gasteiger partial charge in [0.2, 0.25) is 5.91 Å². The molecule has 1 unspecified atom stereocenters.